The van der Waals surface area contributed by atoms with Gasteiger partial charge in [-0.1, -0.05) is 6.92 Å². The van der Waals surface area contributed by atoms with Gasteiger partial charge in [0.2, 0.25) is 0 Å². The SMILES string of the molecule is CCCn1ncc(C#N)c1N=COCC. The molecule has 5 heteroatoms. The van der Waals surface area contributed by atoms with Gasteiger partial charge in [-0.05, 0) is 13.3 Å². The number of hydrogen-bond acceptors (Lipinski definition) is 4. The van der Waals surface area contributed by atoms with Gasteiger partial charge in [0.25, 0.3) is 0 Å². The molecule has 0 N–H and O–H groups in total. The number of hydrogen-bond donors (Lipinski definition) is 0. The normalized spacial score (nSPS) is 10.5. The molecule has 1 aromatic rings. The zero-order chi connectivity index (χ0) is 11.1. The number of aryl methyl sites for hydroxylation is 1. The maximum Gasteiger partial charge on any atom is 0.176 e. The minimum Gasteiger partial charge on any atom is -0.483 e. The molecule has 0 aromatic carbocycles. The molecule has 0 amide bonds. The van der Waals surface area contributed by atoms with E-state index in [-0.39, 0.29) is 0 Å². The number of aromatic nitrogens is 2. The summed E-state index contributed by atoms with van der Waals surface area (Å²) in [6.07, 6.45) is 3.82. The van der Waals surface area contributed by atoms with Crippen molar-refractivity contribution < 1.29 is 4.74 Å². The average molecular weight is 206 g/mol. The van der Waals surface area contributed by atoms with Gasteiger partial charge in [-0.25, -0.2) is 4.68 Å². The summed E-state index contributed by atoms with van der Waals surface area (Å²) in [6.45, 7) is 5.23. The molecule has 5 nitrogen and oxygen atoms in total. The van der Waals surface area contributed by atoms with Crippen LogP contribution in [-0.2, 0) is 11.3 Å². The Hall–Kier alpha value is -1.83. The van der Waals surface area contributed by atoms with E-state index in [1.54, 1.807) is 4.68 Å². The molecule has 0 radical (unpaired) electrons. The van der Waals surface area contributed by atoms with E-state index < -0.39 is 0 Å². The summed E-state index contributed by atoms with van der Waals surface area (Å²) in [7, 11) is 0. The summed E-state index contributed by atoms with van der Waals surface area (Å²) in [4.78, 5) is 4.08. The molecule has 0 unspecified atom stereocenters. The van der Waals surface area contributed by atoms with Crippen LogP contribution in [0.2, 0.25) is 0 Å². The van der Waals surface area contributed by atoms with Crippen molar-refractivity contribution in [2.75, 3.05) is 6.61 Å². The Bertz CT molecular complexity index is 375. The molecule has 1 aromatic heterocycles. The van der Waals surface area contributed by atoms with Crippen molar-refractivity contribution in [3.63, 3.8) is 0 Å². The number of aliphatic imine (C=N–C) groups is 1. The first-order valence-electron chi connectivity index (χ1n) is 4.93. The molecular formula is C10H14N4O. The highest BCUT2D eigenvalue weighted by atomic mass is 16.5. The molecule has 0 bridgehead atoms. The van der Waals surface area contributed by atoms with Crippen molar-refractivity contribution in [1.82, 2.24) is 9.78 Å². The van der Waals surface area contributed by atoms with Crippen molar-refractivity contribution in [1.29, 1.82) is 5.26 Å². The molecular weight excluding hydrogens is 192 g/mol. The fourth-order valence-electron chi connectivity index (χ4n) is 1.13. The van der Waals surface area contributed by atoms with Crippen molar-refractivity contribution in [3.8, 4) is 6.07 Å². The van der Waals surface area contributed by atoms with Crippen molar-refractivity contribution in [3.05, 3.63) is 11.8 Å². The summed E-state index contributed by atoms with van der Waals surface area (Å²) in [5, 5.41) is 12.9. The Labute approximate surface area is 89.0 Å². The van der Waals surface area contributed by atoms with E-state index in [4.69, 9.17) is 10.00 Å². The summed E-state index contributed by atoms with van der Waals surface area (Å²) < 4.78 is 6.70. The van der Waals surface area contributed by atoms with Crippen LogP contribution in [0.3, 0.4) is 0 Å². The molecule has 0 fully saturated rings. The predicted molar refractivity (Wildman–Crippen MR) is 57.0 cm³/mol. The van der Waals surface area contributed by atoms with Crippen LogP contribution >= 0.6 is 0 Å². The second-order valence-electron chi connectivity index (χ2n) is 2.91. The number of rotatable bonds is 5. The van der Waals surface area contributed by atoms with Crippen LogP contribution in [-0.4, -0.2) is 22.8 Å². The van der Waals surface area contributed by atoms with E-state index in [9.17, 15) is 0 Å². The third kappa shape index (κ3) is 2.81. The highest BCUT2D eigenvalue weighted by molar-refractivity contribution is 5.58. The molecule has 1 heterocycles. The number of nitriles is 1. The zero-order valence-electron chi connectivity index (χ0n) is 8.97. The lowest BCUT2D eigenvalue weighted by Gasteiger charge is -2.00. The predicted octanol–water partition coefficient (Wildman–Crippen LogP) is 1.86. The second-order valence-corrected chi connectivity index (χ2v) is 2.91. The first-order chi connectivity index (χ1) is 7.33. The standard InChI is InChI=1S/C10H14N4O/c1-3-5-14-10(12-8-15-4-2)9(6-11)7-13-14/h7-8H,3-5H2,1-2H3. The third-order valence-corrected chi connectivity index (χ3v) is 1.78. The van der Waals surface area contributed by atoms with Crippen molar-refractivity contribution in [2.24, 2.45) is 4.99 Å². The van der Waals surface area contributed by atoms with Crippen molar-refractivity contribution in [2.45, 2.75) is 26.8 Å². The molecule has 0 aliphatic carbocycles. The van der Waals surface area contributed by atoms with E-state index in [0.717, 1.165) is 13.0 Å². The largest absolute Gasteiger partial charge is 0.483 e. The van der Waals surface area contributed by atoms with E-state index in [1.807, 2.05) is 19.9 Å². The van der Waals surface area contributed by atoms with Gasteiger partial charge >= 0.3 is 0 Å². The first kappa shape index (κ1) is 11.2. The van der Waals surface area contributed by atoms with E-state index in [1.165, 1.54) is 12.6 Å². The second kappa shape index (κ2) is 5.81. The van der Waals surface area contributed by atoms with Gasteiger partial charge in [0.15, 0.2) is 12.2 Å². The van der Waals surface area contributed by atoms with E-state index in [2.05, 4.69) is 10.1 Å². The van der Waals surface area contributed by atoms with Gasteiger partial charge in [0, 0.05) is 6.54 Å². The molecule has 0 saturated heterocycles. The molecule has 0 saturated carbocycles. The molecule has 15 heavy (non-hydrogen) atoms. The maximum atomic E-state index is 8.84. The zero-order valence-corrected chi connectivity index (χ0v) is 8.97. The lowest BCUT2D eigenvalue weighted by atomic mass is 10.3. The third-order valence-electron chi connectivity index (χ3n) is 1.78. The van der Waals surface area contributed by atoms with Crippen LogP contribution in [0, 0.1) is 11.3 Å². The lowest BCUT2D eigenvalue weighted by molar-refractivity contribution is 0.343. The van der Waals surface area contributed by atoms with Crippen molar-refractivity contribution >= 4 is 12.2 Å². The fourth-order valence-corrected chi connectivity index (χ4v) is 1.13. The molecule has 0 aliphatic heterocycles. The van der Waals surface area contributed by atoms with Gasteiger partial charge < -0.3 is 4.74 Å². The van der Waals surface area contributed by atoms with Gasteiger partial charge in [0.1, 0.15) is 11.6 Å². The Morgan fingerprint density at radius 1 is 1.67 bits per heavy atom. The molecule has 0 aliphatic rings. The summed E-state index contributed by atoms with van der Waals surface area (Å²) in [5.74, 6) is 0.563. The highest BCUT2D eigenvalue weighted by Crippen LogP contribution is 2.17. The monoisotopic (exact) mass is 206 g/mol. The molecule has 80 valence electrons. The van der Waals surface area contributed by atoms with Crippen LogP contribution in [0.25, 0.3) is 0 Å². The smallest absolute Gasteiger partial charge is 0.176 e. The minimum atomic E-state index is 0.472. The van der Waals surface area contributed by atoms with Gasteiger partial charge in [-0.2, -0.15) is 15.4 Å². The first-order valence-corrected chi connectivity index (χ1v) is 4.93. The molecule has 1 rings (SSSR count). The summed E-state index contributed by atoms with van der Waals surface area (Å²) in [6, 6.07) is 2.05. The summed E-state index contributed by atoms with van der Waals surface area (Å²) >= 11 is 0. The van der Waals surface area contributed by atoms with Crippen LogP contribution in [0.4, 0.5) is 5.82 Å². The van der Waals surface area contributed by atoms with Gasteiger partial charge in [0.05, 0.1) is 12.8 Å². The van der Waals surface area contributed by atoms with Crippen LogP contribution in [0.5, 0.6) is 0 Å². The van der Waals surface area contributed by atoms with E-state index in [0.29, 0.717) is 18.0 Å². The van der Waals surface area contributed by atoms with Crippen LogP contribution in [0.15, 0.2) is 11.2 Å². The summed E-state index contributed by atoms with van der Waals surface area (Å²) in [5.41, 5.74) is 0.472. The number of nitrogens with zero attached hydrogens (tertiary/aromatic N) is 4. The lowest BCUT2D eigenvalue weighted by Crippen LogP contribution is -1.98. The Balaban J connectivity index is 2.90. The van der Waals surface area contributed by atoms with Gasteiger partial charge in [-0.3, -0.25) is 0 Å². The van der Waals surface area contributed by atoms with Gasteiger partial charge in [-0.15, -0.1) is 0 Å². The maximum absolute atomic E-state index is 8.84. The Kier molecular flexibility index (Phi) is 4.35. The number of ether oxygens (including phenoxy) is 1. The molecule has 0 spiro atoms. The van der Waals surface area contributed by atoms with Crippen LogP contribution in [0.1, 0.15) is 25.8 Å². The Morgan fingerprint density at radius 2 is 2.47 bits per heavy atom. The quantitative estimate of drug-likeness (QED) is 0.545. The molecule has 0 atom stereocenters. The highest BCUT2D eigenvalue weighted by Gasteiger charge is 2.07. The van der Waals surface area contributed by atoms with Crippen LogP contribution < -0.4 is 0 Å². The fraction of sp³-hybridized carbons (Fsp3) is 0.500. The Morgan fingerprint density at radius 3 is 3.07 bits per heavy atom. The average Bonchev–Trinajstić information content (AvgIpc) is 2.62. The minimum absolute atomic E-state index is 0.472. The van der Waals surface area contributed by atoms with E-state index >= 15 is 0 Å². The topological polar surface area (TPSA) is 63.2 Å².